The molecule has 0 atom stereocenters. The number of unbranched alkanes of at least 4 members (excludes halogenated alkanes) is 1. The molecule has 0 aliphatic carbocycles. The van der Waals surface area contributed by atoms with E-state index in [1.54, 1.807) is 11.8 Å². The van der Waals surface area contributed by atoms with Gasteiger partial charge in [0.25, 0.3) is 0 Å². The lowest BCUT2D eigenvalue weighted by molar-refractivity contribution is 0.0905. The highest BCUT2D eigenvalue weighted by molar-refractivity contribution is 7.99. The lowest BCUT2D eigenvalue weighted by Gasteiger charge is -1.99. The summed E-state index contributed by atoms with van der Waals surface area (Å²) in [6, 6.07) is 0. The van der Waals surface area contributed by atoms with E-state index in [0.717, 1.165) is 24.3 Å². The molecule has 0 aromatic rings. The number of hydrogen-bond donors (Lipinski definition) is 1. The van der Waals surface area contributed by atoms with Crippen molar-refractivity contribution in [3.8, 4) is 0 Å². The van der Waals surface area contributed by atoms with Crippen molar-refractivity contribution in [2.24, 2.45) is 0 Å². The van der Waals surface area contributed by atoms with Crippen molar-refractivity contribution in [1.29, 1.82) is 0 Å². The Labute approximate surface area is 76.8 Å². The maximum Gasteiger partial charge on any atom is 0.505 e. The molecule has 0 bridgehead atoms. The van der Waals surface area contributed by atoms with Gasteiger partial charge in [0.2, 0.25) is 0 Å². The lowest BCUT2D eigenvalue weighted by atomic mass is 10.4. The topological polar surface area (TPSA) is 46.5 Å². The first-order chi connectivity index (χ1) is 5.77. The van der Waals surface area contributed by atoms with Crippen molar-refractivity contribution < 1.29 is 14.6 Å². The average Bonchev–Trinajstić information content (AvgIpc) is 2.02. The lowest BCUT2D eigenvalue weighted by Crippen LogP contribution is -2.01. The number of carbonyl (C=O) groups is 1. The number of thioether (sulfide) groups is 1. The number of rotatable bonds is 7. The zero-order chi connectivity index (χ0) is 9.23. The molecule has 12 heavy (non-hydrogen) atoms. The van der Waals surface area contributed by atoms with E-state index in [0.29, 0.717) is 6.61 Å². The fourth-order valence-corrected chi connectivity index (χ4v) is 1.37. The van der Waals surface area contributed by atoms with E-state index in [1.807, 2.05) is 6.08 Å². The fraction of sp³-hybridized carbons (Fsp3) is 0.625. The molecule has 0 rings (SSSR count). The van der Waals surface area contributed by atoms with Gasteiger partial charge in [-0.05, 0) is 18.6 Å². The van der Waals surface area contributed by atoms with E-state index in [1.165, 1.54) is 0 Å². The van der Waals surface area contributed by atoms with Crippen LogP contribution in [-0.4, -0.2) is 29.4 Å². The van der Waals surface area contributed by atoms with Crippen molar-refractivity contribution in [1.82, 2.24) is 0 Å². The second-order valence-electron chi connectivity index (χ2n) is 2.19. The highest BCUT2D eigenvalue weighted by Crippen LogP contribution is 2.04. The van der Waals surface area contributed by atoms with Gasteiger partial charge in [-0.25, -0.2) is 4.79 Å². The Morgan fingerprint density at radius 1 is 1.58 bits per heavy atom. The molecular weight excluding hydrogens is 176 g/mol. The maximum atomic E-state index is 9.89. The first kappa shape index (κ1) is 11.4. The van der Waals surface area contributed by atoms with E-state index < -0.39 is 6.16 Å². The third-order valence-corrected chi connectivity index (χ3v) is 2.19. The van der Waals surface area contributed by atoms with E-state index in [2.05, 4.69) is 11.3 Å². The van der Waals surface area contributed by atoms with Crippen LogP contribution in [0.25, 0.3) is 0 Å². The SMILES string of the molecule is C=CCSCCCCOC(=O)O. The second-order valence-corrected chi connectivity index (χ2v) is 3.33. The van der Waals surface area contributed by atoms with Crippen LogP contribution in [0.15, 0.2) is 12.7 Å². The monoisotopic (exact) mass is 190 g/mol. The minimum atomic E-state index is -1.19. The normalized spacial score (nSPS) is 9.33. The maximum absolute atomic E-state index is 9.89. The first-order valence-corrected chi connectivity index (χ1v) is 4.97. The molecule has 3 nitrogen and oxygen atoms in total. The summed E-state index contributed by atoms with van der Waals surface area (Å²) in [5, 5.41) is 8.11. The molecule has 0 amide bonds. The minimum absolute atomic E-state index is 0.310. The van der Waals surface area contributed by atoms with Gasteiger partial charge in [-0.2, -0.15) is 11.8 Å². The third kappa shape index (κ3) is 9.36. The van der Waals surface area contributed by atoms with Gasteiger partial charge in [0, 0.05) is 5.75 Å². The molecule has 0 saturated carbocycles. The molecule has 0 aliphatic heterocycles. The molecule has 0 aromatic heterocycles. The molecule has 70 valence electrons. The van der Waals surface area contributed by atoms with Crippen LogP contribution in [-0.2, 0) is 4.74 Å². The van der Waals surface area contributed by atoms with E-state index in [4.69, 9.17) is 5.11 Å². The molecule has 0 spiro atoms. The Kier molecular flexibility index (Phi) is 8.01. The predicted octanol–water partition coefficient (Wildman–Crippen LogP) is 2.38. The summed E-state index contributed by atoms with van der Waals surface area (Å²) in [7, 11) is 0. The average molecular weight is 190 g/mol. The molecule has 0 saturated heterocycles. The summed E-state index contributed by atoms with van der Waals surface area (Å²) in [4.78, 5) is 9.89. The summed E-state index contributed by atoms with van der Waals surface area (Å²) in [6.07, 6.45) is 2.47. The quantitative estimate of drug-likeness (QED) is 0.380. The van der Waals surface area contributed by atoms with Gasteiger partial charge in [0.15, 0.2) is 0 Å². The molecule has 0 unspecified atom stereocenters. The highest BCUT2D eigenvalue weighted by Gasteiger charge is 1.94. The van der Waals surface area contributed by atoms with Crippen molar-refractivity contribution in [3.05, 3.63) is 12.7 Å². The minimum Gasteiger partial charge on any atom is -0.450 e. The number of hydrogen-bond acceptors (Lipinski definition) is 3. The van der Waals surface area contributed by atoms with Crippen LogP contribution < -0.4 is 0 Å². The van der Waals surface area contributed by atoms with Crippen LogP contribution in [0.3, 0.4) is 0 Å². The van der Waals surface area contributed by atoms with Crippen molar-refractivity contribution in [2.45, 2.75) is 12.8 Å². The number of carboxylic acid groups (broad SMARTS) is 1. The van der Waals surface area contributed by atoms with Gasteiger partial charge in [-0.1, -0.05) is 6.08 Å². The Hall–Kier alpha value is -0.640. The molecule has 1 N–H and O–H groups in total. The molecule has 4 heteroatoms. The summed E-state index contributed by atoms with van der Waals surface area (Å²) in [6.45, 7) is 3.90. The van der Waals surface area contributed by atoms with Gasteiger partial charge in [-0.15, -0.1) is 6.58 Å². The van der Waals surface area contributed by atoms with Crippen LogP contribution >= 0.6 is 11.8 Å². The summed E-state index contributed by atoms with van der Waals surface area (Å²) in [5.74, 6) is 1.99. The van der Waals surface area contributed by atoms with E-state index in [9.17, 15) is 4.79 Å². The zero-order valence-corrected chi connectivity index (χ0v) is 7.81. The van der Waals surface area contributed by atoms with E-state index in [-0.39, 0.29) is 0 Å². The predicted molar refractivity (Wildman–Crippen MR) is 50.7 cm³/mol. The molecule has 0 fully saturated rings. The molecule has 0 radical (unpaired) electrons. The first-order valence-electron chi connectivity index (χ1n) is 3.81. The molecule has 0 aliphatic rings. The van der Waals surface area contributed by atoms with Crippen LogP contribution in [0.4, 0.5) is 4.79 Å². The van der Waals surface area contributed by atoms with E-state index >= 15 is 0 Å². The number of ether oxygens (including phenoxy) is 1. The van der Waals surface area contributed by atoms with Crippen LogP contribution in [0.2, 0.25) is 0 Å². The van der Waals surface area contributed by atoms with Gasteiger partial charge >= 0.3 is 6.16 Å². The Balaban J connectivity index is 2.90. The Bertz CT molecular complexity index is 136. The Morgan fingerprint density at radius 2 is 2.33 bits per heavy atom. The highest BCUT2D eigenvalue weighted by atomic mass is 32.2. The molecular formula is C8H14O3S. The van der Waals surface area contributed by atoms with Crippen LogP contribution in [0.1, 0.15) is 12.8 Å². The molecule has 0 aromatic carbocycles. The summed E-state index contributed by atoms with van der Waals surface area (Å²) >= 11 is 1.79. The summed E-state index contributed by atoms with van der Waals surface area (Å²) < 4.78 is 4.34. The van der Waals surface area contributed by atoms with Crippen molar-refractivity contribution in [3.63, 3.8) is 0 Å². The largest absolute Gasteiger partial charge is 0.505 e. The summed E-state index contributed by atoms with van der Waals surface area (Å²) in [5.41, 5.74) is 0. The van der Waals surface area contributed by atoms with Crippen LogP contribution in [0.5, 0.6) is 0 Å². The standard InChI is InChI=1S/C8H14O3S/c1-2-6-12-7-4-3-5-11-8(9)10/h2H,1,3-7H2,(H,9,10). The van der Waals surface area contributed by atoms with Gasteiger partial charge in [-0.3, -0.25) is 0 Å². The van der Waals surface area contributed by atoms with Crippen molar-refractivity contribution in [2.75, 3.05) is 18.1 Å². The smallest absolute Gasteiger partial charge is 0.450 e. The van der Waals surface area contributed by atoms with Crippen LogP contribution in [0, 0.1) is 0 Å². The van der Waals surface area contributed by atoms with Crippen molar-refractivity contribution >= 4 is 17.9 Å². The fourth-order valence-electron chi connectivity index (χ4n) is 0.632. The molecule has 0 heterocycles. The Morgan fingerprint density at radius 3 is 2.92 bits per heavy atom. The van der Waals surface area contributed by atoms with Gasteiger partial charge in [0.05, 0.1) is 6.61 Å². The van der Waals surface area contributed by atoms with Gasteiger partial charge < -0.3 is 9.84 Å². The second kappa shape index (κ2) is 8.46. The third-order valence-electron chi connectivity index (χ3n) is 1.14. The zero-order valence-electron chi connectivity index (χ0n) is 6.99. The van der Waals surface area contributed by atoms with Gasteiger partial charge in [0.1, 0.15) is 0 Å².